The summed E-state index contributed by atoms with van der Waals surface area (Å²) in [5, 5.41) is 17.7. The minimum Gasteiger partial charge on any atom is -0.478 e. The number of rotatable bonds is 5. The van der Waals surface area contributed by atoms with Crippen LogP contribution in [0.5, 0.6) is 0 Å². The summed E-state index contributed by atoms with van der Waals surface area (Å²) < 4.78 is 0. The van der Waals surface area contributed by atoms with Crippen LogP contribution in [0, 0.1) is 11.3 Å². The highest BCUT2D eigenvalue weighted by Gasteiger charge is 2.10. The zero-order chi connectivity index (χ0) is 11.1. The third-order valence-corrected chi connectivity index (χ3v) is 2.76. The third-order valence-electron chi connectivity index (χ3n) is 1.67. The van der Waals surface area contributed by atoms with Crippen molar-refractivity contribution in [3.8, 4) is 6.07 Å². The van der Waals surface area contributed by atoms with Gasteiger partial charge in [-0.05, 0) is 18.6 Å². The van der Waals surface area contributed by atoms with Crippen molar-refractivity contribution in [1.82, 2.24) is 4.98 Å². The zero-order valence-electron chi connectivity index (χ0n) is 8.01. The Balaban J connectivity index is 2.60. The SMILES string of the molecule is N#CCCCSc1ncccc1C(=O)O. The maximum atomic E-state index is 10.8. The summed E-state index contributed by atoms with van der Waals surface area (Å²) in [6, 6.07) is 5.17. The molecule has 0 radical (unpaired) electrons. The lowest BCUT2D eigenvalue weighted by Gasteiger charge is -2.02. The maximum absolute atomic E-state index is 10.8. The van der Waals surface area contributed by atoms with Gasteiger partial charge < -0.3 is 5.11 Å². The molecule has 1 rings (SSSR count). The van der Waals surface area contributed by atoms with E-state index in [1.165, 1.54) is 17.8 Å². The molecule has 1 N–H and O–H groups in total. The molecule has 0 fully saturated rings. The van der Waals surface area contributed by atoms with E-state index in [1.54, 1.807) is 12.3 Å². The van der Waals surface area contributed by atoms with E-state index in [4.69, 9.17) is 10.4 Å². The van der Waals surface area contributed by atoms with Crippen LogP contribution < -0.4 is 0 Å². The highest BCUT2D eigenvalue weighted by Crippen LogP contribution is 2.20. The number of nitrogens with zero attached hydrogens (tertiary/aromatic N) is 2. The minimum atomic E-state index is -0.967. The van der Waals surface area contributed by atoms with E-state index in [2.05, 4.69) is 4.98 Å². The van der Waals surface area contributed by atoms with Crippen LogP contribution in [0.25, 0.3) is 0 Å². The maximum Gasteiger partial charge on any atom is 0.338 e. The number of nitriles is 1. The lowest BCUT2D eigenvalue weighted by molar-refractivity contribution is 0.0692. The number of unbranched alkanes of at least 4 members (excludes halogenated alkanes) is 1. The van der Waals surface area contributed by atoms with E-state index < -0.39 is 5.97 Å². The topological polar surface area (TPSA) is 74.0 Å². The lowest BCUT2D eigenvalue weighted by atomic mass is 10.3. The Morgan fingerprint density at radius 2 is 2.47 bits per heavy atom. The summed E-state index contributed by atoms with van der Waals surface area (Å²) >= 11 is 1.37. The number of carboxylic acid groups (broad SMARTS) is 1. The van der Waals surface area contributed by atoms with Crippen LogP contribution in [0.1, 0.15) is 23.2 Å². The first-order chi connectivity index (χ1) is 7.25. The molecule has 1 aromatic heterocycles. The molecule has 0 spiro atoms. The van der Waals surface area contributed by atoms with Gasteiger partial charge in [0.2, 0.25) is 0 Å². The van der Waals surface area contributed by atoms with Crippen LogP contribution in [0.4, 0.5) is 0 Å². The summed E-state index contributed by atoms with van der Waals surface area (Å²) in [5.41, 5.74) is 0.222. The van der Waals surface area contributed by atoms with Crippen LogP contribution in [-0.2, 0) is 0 Å². The molecule has 0 unspecified atom stereocenters. The first kappa shape index (κ1) is 11.5. The number of hydrogen-bond donors (Lipinski definition) is 1. The summed E-state index contributed by atoms with van der Waals surface area (Å²) in [4.78, 5) is 14.8. The molecule has 78 valence electrons. The van der Waals surface area contributed by atoms with E-state index in [0.29, 0.717) is 17.2 Å². The lowest BCUT2D eigenvalue weighted by Crippen LogP contribution is -2.00. The van der Waals surface area contributed by atoms with Crippen molar-refractivity contribution in [3.05, 3.63) is 23.9 Å². The zero-order valence-corrected chi connectivity index (χ0v) is 8.83. The molecule has 5 heteroatoms. The fourth-order valence-electron chi connectivity index (χ4n) is 0.989. The van der Waals surface area contributed by atoms with Crippen molar-refractivity contribution in [3.63, 3.8) is 0 Å². The Morgan fingerprint density at radius 3 is 3.13 bits per heavy atom. The average Bonchev–Trinajstić information content (AvgIpc) is 2.25. The van der Waals surface area contributed by atoms with Crippen molar-refractivity contribution in [2.45, 2.75) is 17.9 Å². The molecule has 0 aliphatic heterocycles. The average molecular weight is 222 g/mol. The second-order valence-electron chi connectivity index (χ2n) is 2.77. The Kier molecular flexibility index (Phi) is 4.64. The number of hydrogen-bond acceptors (Lipinski definition) is 4. The number of aromatic carboxylic acids is 1. The molecule has 0 saturated heterocycles. The molecule has 0 bridgehead atoms. The fourth-order valence-corrected chi connectivity index (χ4v) is 1.92. The summed E-state index contributed by atoms with van der Waals surface area (Å²) in [6.07, 6.45) is 2.80. The second-order valence-corrected chi connectivity index (χ2v) is 3.86. The van der Waals surface area contributed by atoms with E-state index >= 15 is 0 Å². The highest BCUT2D eigenvalue weighted by atomic mass is 32.2. The number of pyridine rings is 1. The molecule has 0 aromatic carbocycles. The van der Waals surface area contributed by atoms with Gasteiger partial charge in [0.15, 0.2) is 0 Å². The quantitative estimate of drug-likeness (QED) is 0.610. The summed E-state index contributed by atoms with van der Waals surface area (Å²) in [7, 11) is 0. The van der Waals surface area contributed by atoms with Gasteiger partial charge in [0, 0.05) is 18.4 Å². The standard InChI is InChI=1S/C10H10N2O2S/c11-5-1-2-7-15-9-8(10(13)14)4-3-6-12-9/h3-4,6H,1-2,7H2,(H,13,14). The molecule has 0 amide bonds. The van der Waals surface area contributed by atoms with E-state index in [0.717, 1.165) is 6.42 Å². The van der Waals surface area contributed by atoms with Crippen molar-refractivity contribution in [2.75, 3.05) is 5.75 Å². The predicted octanol–water partition coefficient (Wildman–Crippen LogP) is 2.18. The van der Waals surface area contributed by atoms with Gasteiger partial charge in [-0.2, -0.15) is 5.26 Å². The third kappa shape index (κ3) is 3.60. The Morgan fingerprint density at radius 1 is 1.67 bits per heavy atom. The number of aromatic nitrogens is 1. The fraction of sp³-hybridized carbons (Fsp3) is 0.300. The van der Waals surface area contributed by atoms with E-state index in [-0.39, 0.29) is 5.56 Å². The Bertz CT molecular complexity index is 387. The molecule has 15 heavy (non-hydrogen) atoms. The van der Waals surface area contributed by atoms with Crippen molar-refractivity contribution in [2.24, 2.45) is 0 Å². The monoisotopic (exact) mass is 222 g/mol. The molecule has 0 aliphatic rings. The number of carboxylic acids is 1. The van der Waals surface area contributed by atoms with Gasteiger partial charge in [0.1, 0.15) is 5.03 Å². The van der Waals surface area contributed by atoms with Gasteiger partial charge in [-0.15, -0.1) is 11.8 Å². The van der Waals surface area contributed by atoms with Crippen LogP contribution in [-0.4, -0.2) is 21.8 Å². The van der Waals surface area contributed by atoms with Crippen molar-refractivity contribution < 1.29 is 9.90 Å². The number of carbonyl (C=O) groups is 1. The highest BCUT2D eigenvalue weighted by molar-refractivity contribution is 7.99. The van der Waals surface area contributed by atoms with Crippen LogP contribution >= 0.6 is 11.8 Å². The molecule has 1 aromatic rings. The first-order valence-corrected chi connectivity index (χ1v) is 5.42. The van der Waals surface area contributed by atoms with Gasteiger partial charge in [-0.3, -0.25) is 0 Å². The van der Waals surface area contributed by atoms with Gasteiger partial charge in [0.05, 0.1) is 11.6 Å². The largest absolute Gasteiger partial charge is 0.478 e. The predicted molar refractivity (Wildman–Crippen MR) is 56.8 cm³/mol. The van der Waals surface area contributed by atoms with Crippen molar-refractivity contribution >= 4 is 17.7 Å². The molecule has 1 heterocycles. The van der Waals surface area contributed by atoms with Gasteiger partial charge in [0.25, 0.3) is 0 Å². The van der Waals surface area contributed by atoms with Gasteiger partial charge in [-0.25, -0.2) is 9.78 Å². The Labute approximate surface area is 91.9 Å². The van der Waals surface area contributed by atoms with E-state index in [1.807, 2.05) is 6.07 Å². The minimum absolute atomic E-state index is 0.222. The molecule has 0 saturated carbocycles. The smallest absolute Gasteiger partial charge is 0.338 e. The van der Waals surface area contributed by atoms with Crippen LogP contribution in [0.15, 0.2) is 23.4 Å². The Hall–Kier alpha value is -1.54. The summed E-state index contributed by atoms with van der Waals surface area (Å²) in [5.74, 6) is -0.254. The number of thioether (sulfide) groups is 1. The molecule has 0 aliphatic carbocycles. The molecular formula is C10H10N2O2S. The molecule has 4 nitrogen and oxygen atoms in total. The second kappa shape index (κ2) is 6.04. The molecule has 0 atom stereocenters. The normalized spacial score (nSPS) is 9.53. The van der Waals surface area contributed by atoms with Crippen LogP contribution in [0.3, 0.4) is 0 Å². The first-order valence-electron chi connectivity index (χ1n) is 4.43. The van der Waals surface area contributed by atoms with Gasteiger partial charge >= 0.3 is 5.97 Å². The molecular weight excluding hydrogens is 212 g/mol. The van der Waals surface area contributed by atoms with Gasteiger partial charge in [-0.1, -0.05) is 0 Å². The van der Waals surface area contributed by atoms with E-state index in [9.17, 15) is 4.79 Å². The summed E-state index contributed by atoms with van der Waals surface area (Å²) in [6.45, 7) is 0. The van der Waals surface area contributed by atoms with Crippen LogP contribution in [0.2, 0.25) is 0 Å². The van der Waals surface area contributed by atoms with Crippen molar-refractivity contribution in [1.29, 1.82) is 5.26 Å².